The number of ether oxygens (including phenoxy) is 4. The Morgan fingerprint density at radius 1 is 1.19 bits per heavy atom. The molecule has 1 heterocycles. The zero-order valence-electron chi connectivity index (χ0n) is 18.2. The molecule has 1 saturated carbocycles. The molecule has 32 heavy (non-hydrogen) atoms. The molecule has 2 aliphatic carbocycles. The molecule has 0 N–H and O–H groups in total. The number of benzene rings is 1. The molecule has 1 aromatic carbocycles. The van der Waals surface area contributed by atoms with Gasteiger partial charge in [0.25, 0.3) is 0 Å². The molecular weight excluding hydrogens is 481 g/mol. The predicted molar refractivity (Wildman–Crippen MR) is 120 cm³/mol. The maximum Gasteiger partial charge on any atom is 0.410 e. The standard InChI is InChI=1S/C22H26Cl3NO6/c1-29-15-5-4-13-10-16-21(31-3)7-6-14(27)11-20(21,17(13)18(15)30-2)8-9-26(16)19(28)32-12-22(23,24)25/h4-5,16H,6-12H2,1-3H3/t16-,20-,21-/m1/s1. The van der Waals surface area contributed by atoms with E-state index in [2.05, 4.69) is 0 Å². The highest BCUT2D eigenvalue weighted by atomic mass is 35.6. The van der Waals surface area contributed by atoms with E-state index in [4.69, 9.17) is 53.8 Å². The normalized spacial score (nSPS) is 29.1. The SMILES string of the molecule is COc1ccc2c(c1OC)[C@]13CCN(C(=O)OCC(Cl)(Cl)Cl)[C@H](C2)[C@]1(OC)CCC(=O)C3. The molecule has 0 aromatic heterocycles. The molecule has 10 heteroatoms. The minimum Gasteiger partial charge on any atom is -0.493 e. The Balaban J connectivity index is 1.85. The second kappa shape index (κ2) is 8.42. The number of nitrogens with zero attached hydrogens (tertiary/aromatic N) is 1. The predicted octanol–water partition coefficient (Wildman–Crippen LogP) is 4.22. The molecule has 2 fully saturated rings. The van der Waals surface area contributed by atoms with Crippen LogP contribution in [0.4, 0.5) is 4.79 Å². The number of halogens is 3. The molecule has 1 aromatic rings. The second-order valence-electron chi connectivity index (χ2n) is 8.56. The zero-order valence-corrected chi connectivity index (χ0v) is 20.5. The maximum absolute atomic E-state index is 13.0. The molecule has 4 rings (SSSR count). The topological polar surface area (TPSA) is 74.3 Å². The smallest absolute Gasteiger partial charge is 0.410 e. The molecule has 1 amide bonds. The summed E-state index contributed by atoms with van der Waals surface area (Å²) in [5, 5.41) is 0. The van der Waals surface area contributed by atoms with Crippen LogP contribution in [0.1, 0.15) is 36.8 Å². The number of hydrogen-bond acceptors (Lipinski definition) is 6. The number of rotatable bonds is 4. The fourth-order valence-corrected chi connectivity index (χ4v) is 6.26. The minimum atomic E-state index is -1.70. The third-order valence-electron chi connectivity index (χ3n) is 7.26. The van der Waals surface area contributed by atoms with Gasteiger partial charge in [-0.3, -0.25) is 4.79 Å². The Hall–Kier alpha value is -1.41. The Labute approximate surface area is 202 Å². The van der Waals surface area contributed by atoms with E-state index < -0.39 is 20.9 Å². The third-order valence-corrected chi connectivity index (χ3v) is 7.59. The molecule has 176 valence electrons. The van der Waals surface area contributed by atoms with E-state index in [0.717, 1.165) is 11.1 Å². The summed E-state index contributed by atoms with van der Waals surface area (Å²) in [6.07, 6.45) is 1.63. The highest BCUT2D eigenvalue weighted by Crippen LogP contribution is 2.62. The number of carbonyl (C=O) groups is 2. The molecule has 0 radical (unpaired) electrons. The monoisotopic (exact) mass is 505 g/mol. The first-order valence-electron chi connectivity index (χ1n) is 10.4. The van der Waals surface area contributed by atoms with E-state index >= 15 is 0 Å². The number of hydrogen-bond donors (Lipinski definition) is 0. The van der Waals surface area contributed by atoms with Crippen molar-refractivity contribution in [1.82, 2.24) is 4.90 Å². The molecule has 0 spiro atoms. The van der Waals surface area contributed by atoms with Gasteiger partial charge in [0.1, 0.15) is 12.4 Å². The van der Waals surface area contributed by atoms with Gasteiger partial charge in [-0.05, 0) is 30.9 Å². The number of ketones is 1. The lowest BCUT2D eigenvalue weighted by Gasteiger charge is -2.64. The van der Waals surface area contributed by atoms with E-state index in [1.807, 2.05) is 12.1 Å². The van der Waals surface area contributed by atoms with Crippen molar-refractivity contribution in [1.29, 1.82) is 0 Å². The number of carbonyl (C=O) groups excluding carboxylic acids is 2. The summed E-state index contributed by atoms with van der Waals surface area (Å²) in [4.78, 5) is 27.5. The van der Waals surface area contributed by atoms with E-state index in [1.165, 1.54) is 0 Å². The Bertz CT molecular complexity index is 935. The van der Waals surface area contributed by atoms with Gasteiger partial charge < -0.3 is 23.8 Å². The van der Waals surface area contributed by atoms with Crippen molar-refractivity contribution in [3.05, 3.63) is 23.3 Å². The summed E-state index contributed by atoms with van der Waals surface area (Å²) in [7, 11) is 4.83. The second-order valence-corrected chi connectivity index (χ2v) is 11.1. The number of fused-ring (bicyclic) bond motifs is 1. The zero-order chi connectivity index (χ0) is 23.3. The largest absolute Gasteiger partial charge is 0.493 e. The van der Waals surface area contributed by atoms with Gasteiger partial charge in [-0.1, -0.05) is 40.9 Å². The Kier molecular flexibility index (Phi) is 6.25. The first-order chi connectivity index (χ1) is 15.1. The molecular formula is C22H26Cl3NO6. The summed E-state index contributed by atoms with van der Waals surface area (Å²) >= 11 is 17.3. The summed E-state index contributed by atoms with van der Waals surface area (Å²) in [6, 6.07) is 3.48. The van der Waals surface area contributed by atoms with E-state index in [-0.39, 0.29) is 18.4 Å². The highest BCUT2D eigenvalue weighted by molar-refractivity contribution is 6.67. The summed E-state index contributed by atoms with van der Waals surface area (Å²) < 4.78 is 21.3. The van der Waals surface area contributed by atoms with Gasteiger partial charge in [0.05, 0.1) is 25.9 Å². The third kappa shape index (κ3) is 3.52. The number of piperidine rings is 1. The van der Waals surface area contributed by atoms with Crippen molar-refractivity contribution < 1.29 is 28.5 Å². The minimum absolute atomic E-state index is 0.168. The van der Waals surface area contributed by atoms with E-state index in [0.29, 0.717) is 50.1 Å². The first-order valence-corrected chi connectivity index (χ1v) is 11.6. The summed E-state index contributed by atoms with van der Waals surface area (Å²) in [5.41, 5.74) is 0.500. The molecule has 3 atom stereocenters. The fraction of sp³-hybridized carbons (Fsp3) is 0.636. The lowest BCUT2D eigenvalue weighted by atomic mass is 9.49. The van der Waals surface area contributed by atoms with Crippen molar-refractivity contribution in [2.75, 3.05) is 34.5 Å². The van der Waals surface area contributed by atoms with Gasteiger partial charge >= 0.3 is 6.09 Å². The van der Waals surface area contributed by atoms with Crippen molar-refractivity contribution >= 4 is 46.7 Å². The van der Waals surface area contributed by atoms with Crippen LogP contribution >= 0.6 is 34.8 Å². The molecule has 7 nitrogen and oxygen atoms in total. The van der Waals surface area contributed by atoms with Crippen LogP contribution in [0.15, 0.2) is 12.1 Å². The summed E-state index contributed by atoms with van der Waals surface area (Å²) in [6.45, 7) is 0.0203. The average molecular weight is 507 g/mol. The van der Waals surface area contributed by atoms with Crippen LogP contribution in [0.5, 0.6) is 11.5 Å². The van der Waals surface area contributed by atoms with Crippen molar-refractivity contribution in [3.8, 4) is 11.5 Å². The average Bonchev–Trinajstić information content (AvgIpc) is 2.75. The Morgan fingerprint density at radius 2 is 1.94 bits per heavy atom. The van der Waals surface area contributed by atoms with Gasteiger partial charge in [0.2, 0.25) is 3.79 Å². The van der Waals surface area contributed by atoms with Gasteiger partial charge in [0.15, 0.2) is 11.5 Å². The molecule has 1 saturated heterocycles. The van der Waals surface area contributed by atoms with Crippen LogP contribution < -0.4 is 9.47 Å². The number of Topliss-reactive ketones (excluding diaryl/α,β-unsaturated/α-hetero) is 1. The van der Waals surface area contributed by atoms with E-state index in [1.54, 1.807) is 26.2 Å². The highest BCUT2D eigenvalue weighted by Gasteiger charge is 2.67. The van der Waals surface area contributed by atoms with Gasteiger partial charge in [-0.15, -0.1) is 0 Å². The molecule has 1 aliphatic heterocycles. The van der Waals surface area contributed by atoms with Crippen molar-refractivity contribution in [3.63, 3.8) is 0 Å². The number of amides is 1. The van der Waals surface area contributed by atoms with Gasteiger partial charge in [-0.2, -0.15) is 0 Å². The van der Waals surface area contributed by atoms with E-state index in [9.17, 15) is 9.59 Å². The van der Waals surface area contributed by atoms with Crippen LogP contribution in [0, 0.1) is 0 Å². The van der Waals surface area contributed by atoms with Crippen LogP contribution in [-0.2, 0) is 26.1 Å². The fourth-order valence-electron chi connectivity index (χ4n) is 6.09. The molecule has 3 aliphatic rings. The maximum atomic E-state index is 13.0. The number of alkyl halides is 3. The lowest BCUT2D eigenvalue weighted by molar-refractivity contribution is -0.182. The lowest BCUT2D eigenvalue weighted by Crippen LogP contribution is -2.74. The van der Waals surface area contributed by atoms with Crippen molar-refractivity contribution in [2.45, 2.75) is 53.0 Å². The molecule has 2 bridgehead atoms. The Morgan fingerprint density at radius 3 is 2.56 bits per heavy atom. The van der Waals surface area contributed by atoms with Crippen LogP contribution in [-0.4, -0.2) is 66.7 Å². The van der Waals surface area contributed by atoms with Gasteiger partial charge in [0, 0.05) is 37.5 Å². The van der Waals surface area contributed by atoms with Crippen LogP contribution in [0.2, 0.25) is 0 Å². The van der Waals surface area contributed by atoms with Gasteiger partial charge in [-0.25, -0.2) is 4.79 Å². The quantitative estimate of drug-likeness (QED) is 0.569. The van der Waals surface area contributed by atoms with Crippen molar-refractivity contribution in [2.24, 2.45) is 0 Å². The summed E-state index contributed by atoms with van der Waals surface area (Å²) in [5.74, 6) is 1.39. The van der Waals surface area contributed by atoms with Crippen LogP contribution in [0.25, 0.3) is 0 Å². The van der Waals surface area contributed by atoms with Crippen LogP contribution in [0.3, 0.4) is 0 Å². The number of methoxy groups -OCH3 is 3. The first kappa shape index (κ1) is 23.7. The number of likely N-dealkylation sites (tertiary alicyclic amines) is 1. The molecule has 0 unspecified atom stereocenters.